The Morgan fingerprint density at radius 2 is 2.25 bits per heavy atom. The molecule has 6 heteroatoms. The van der Waals surface area contributed by atoms with E-state index in [1.165, 1.54) is 19.3 Å². The molecule has 6 nitrogen and oxygen atoms in total. The van der Waals surface area contributed by atoms with Crippen molar-refractivity contribution in [3.05, 3.63) is 11.9 Å². The molecule has 0 aliphatic heterocycles. The Balaban J connectivity index is 2.22. The van der Waals surface area contributed by atoms with Gasteiger partial charge in [-0.15, -0.1) is 0 Å². The van der Waals surface area contributed by atoms with Crippen molar-refractivity contribution in [2.24, 2.45) is 0 Å². The monoisotopic (exact) mass is 280 g/mol. The van der Waals surface area contributed by atoms with E-state index >= 15 is 0 Å². The average molecular weight is 280 g/mol. The predicted octanol–water partition coefficient (Wildman–Crippen LogP) is 1.41. The third-order valence-electron chi connectivity index (χ3n) is 3.66. The van der Waals surface area contributed by atoms with E-state index in [0.717, 1.165) is 24.6 Å². The molecule has 1 aromatic rings. The lowest BCUT2D eigenvalue weighted by Crippen LogP contribution is -2.41. The van der Waals surface area contributed by atoms with Gasteiger partial charge in [0.05, 0.1) is 0 Å². The normalized spacial score (nSPS) is 14.9. The number of hydrogen-bond donors (Lipinski definition) is 2. The van der Waals surface area contributed by atoms with Gasteiger partial charge in [0.25, 0.3) is 0 Å². The number of aliphatic hydroxyl groups excluding tert-OH is 1. The second-order valence-electron chi connectivity index (χ2n) is 5.07. The van der Waals surface area contributed by atoms with Gasteiger partial charge in [0, 0.05) is 39.4 Å². The SMILES string of the molecule is CNc1cc(N(CCCO)C2CCC2)nc(COC)n1. The average Bonchev–Trinajstić information content (AvgIpc) is 2.41. The lowest BCUT2D eigenvalue weighted by atomic mass is 9.91. The minimum atomic E-state index is 0.206. The minimum Gasteiger partial charge on any atom is -0.396 e. The van der Waals surface area contributed by atoms with Gasteiger partial charge in [-0.25, -0.2) is 9.97 Å². The highest BCUT2D eigenvalue weighted by molar-refractivity contribution is 5.50. The van der Waals surface area contributed by atoms with Gasteiger partial charge < -0.3 is 20.1 Å². The number of nitrogens with zero attached hydrogens (tertiary/aromatic N) is 3. The number of anilines is 2. The molecular weight excluding hydrogens is 256 g/mol. The van der Waals surface area contributed by atoms with Crippen molar-refractivity contribution in [1.29, 1.82) is 0 Å². The largest absolute Gasteiger partial charge is 0.396 e. The first-order chi connectivity index (χ1) is 9.78. The zero-order valence-corrected chi connectivity index (χ0v) is 12.3. The smallest absolute Gasteiger partial charge is 0.158 e. The van der Waals surface area contributed by atoms with Crippen LogP contribution in [0, 0.1) is 0 Å². The van der Waals surface area contributed by atoms with Gasteiger partial charge in [0.15, 0.2) is 5.82 Å². The first kappa shape index (κ1) is 15.0. The van der Waals surface area contributed by atoms with Crippen LogP contribution in [0.5, 0.6) is 0 Å². The van der Waals surface area contributed by atoms with Crippen LogP contribution in [-0.2, 0) is 11.3 Å². The zero-order chi connectivity index (χ0) is 14.4. The molecule has 1 heterocycles. The first-order valence-electron chi connectivity index (χ1n) is 7.20. The predicted molar refractivity (Wildman–Crippen MR) is 79.0 cm³/mol. The quantitative estimate of drug-likeness (QED) is 0.750. The molecule has 1 saturated carbocycles. The molecule has 2 rings (SSSR count). The highest BCUT2D eigenvalue weighted by Crippen LogP contribution is 2.29. The molecule has 0 saturated heterocycles. The number of methoxy groups -OCH3 is 1. The Morgan fingerprint density at radius 1 is 1.45 bits per heavy atom. The number of rotatable bonds is 8. The highest BCUT2D eigenvalue weighted by atomic mass is 16.5. The Morgan fingerprint density at radius 3 is 2.80 bits per heavy atom. The van der Waals surface area contributed by atoms with Crippen molar-refractivity contribution < 1.29 is 9.84 Å². The van der Waals surface area contributed by atoms with Crippen LogP contribution in [-0.4, -0.2) is 48.4 Å². The van der Waals surface area contributed by atoms with Gasteiger partial charge in [-0.1, -0.05) is 0 Å². The maximum atomic E-state index is 9.08. The van der Waals surface area contributed by atoms with Crippen LogP contribution >= 0.6 is 0 Å². The lowest BCUT2D eigenvalue weighted by molar-refractivity contribution is 0.178. The van der Waals surface area contributed by atoms with Crippen LogP contribution in [0.15, 0.2) is 6.07 Å². The number of hydrogen-bond acceptors (Lipinski definition) is 6. The van der Waals surface area contributed by atoms with Crippen LogP contribution in [0.3, 0.4) is 0 Å². The second kappa shape index (κ2) is 7.40. The molecule has 1 aliphatic carbocycles. The number of aliphatic hydroxyl groups is 1. The number of ether oxygens (including phenoxy) is 1. The summed E-state index contributed by atoms with van der Waals surface area (Å²) < 4.78 is 5.13. The van der Waals surface area contributed by atoms with Crippen LogP contribution < -0.4 is 10.2 Å². The maximum Gasteiger partial charge on any atom is 0.158 e. The van der Waals surface area contributed by atoms with Crippen molar-refractivity contribution in [3.8, 4) is 0 Å². The van der Waals surface area contributed by atoms with Crippen molar-refractivity contribution in [3.63, 3.8) is 0 Å². The molecule has 112 valence electrons. The van der Waals surface area contributed by atoms with E-state index in [1.54, 1.807) is 7.11 Å². The standard InChI is InChI=1S/C14H24N4O2/c1-15-12-9-14(17-13(16-12)10-20-2)18(7-4-8-19)11-5-3-6-11/h9,11,19H,3-8,10H2,1-2H3,(H,15,16,17). The Hall–Kier alpha value is -1.40. The molecule has 0 unspecified atom stereocenters. The summed E-state index contributed by atoms with van der Waals surface area (Å²) in [5.74, 6) is 2.41. The fourth-order valence-electron chi connectivity index (χ4n) is 2.38. The Labute approximate surface area is 120 Å². The summed E-state index contributed by atoms with van der Waals surface area (Å²) in [6.45, 7) is 1.44. The Bertz CT molecular complexity index is 424. The van der Waals surface area contributed by atoms with Crippen molar-refractivity contribution in [2.75, 3.05) is 37.5 Å². The van der Waals surface area contributed by atoms with Gasteiger partial charge in [-0.05, 0) is 25.7 Å². The van der Waals surface area contributed by atoms with Crippen LogP contribution in [0.4, 0.5) is 11.6 Å². The van der Waals surface area contributed by atoms with E-state index in [0.29, 0.717) is 18.5 Å². The minimum absolute atomic E-state index is 0.206. The first-order valence-corrected chi connectivity index (χ1v) is 7.20. The van der Waals surface area contributed by atoms with Crippen molar-refractivity contribution >= 4 is 11.6 Å². The molecular formula is C14H24N4O2. The summed E-state index contributed by atoms with van der Waals surface area (Å²) in [5.41, 5.74) is 0. The van der Waals surface area contributed by atoms with Gasteiger partial charge in [0.2, 0.25) is 0 Å². The van der Waals surface area contributed by atoms with Crippen LogP contribution in [0.25, 0.3) is 0 Å². The van der Waals surface area contributed by atoms with Gasteiger partial charge in [-0.3, -0.25) is 0 Å². The number of aromatic nitrogens is 2. The second-order valence-corrected chi connectivity index (χ2v) is 5.07. The molecule has 1 aliphatic rings. The Kier molecular flexibility index (Phi) is 5.55. The van der Waals surface area contributed by atoms with Gasteiger partial charge >= 0.3 is 0 Å². The highest BCUT2D eigenvalue weighted by Gasteiger charge is 2.26. The third kappa shape index (κ3) is 3.58. The van der Waals surface area contributed by atoms with Crippen LogP contribution in [0.1, 0.15) is 31.5 Å². The number of nitrogens with one attached hydrogen (secondary N) is 1. The summed E-state index contributed by atoms with van der Waals surface area (Å²) in [6.07, 6.45) is 4.43. The van der Waals surface area contributed by atoms with Gasteiger partial charge in [-0.2, -0.15) is 0 Å². The molecule has 0 radical (unpaired) electrons. The summed E-state index contributed by atoms with van der Waals surface area (Å²) >= 11 is 0. The molecule has 0 bridgehead atoms. The molecule has 2 N–H and O–H groups in total. The molecule has 0 spiro atoms. The van der Waals surface area contributed by atoms with E-state index in [9.17, 15) is 0 Å². The maximum absolute atomic E-state index is 9.08. The van der Waals surface area contributed by atoms with E-state index in [2.05, 4.69) is 20.2 Å². The van der Waals surface area contributed by atoms with E-state index in [1.807, 2.05) is 13.1 Å². The third-order valence-corrected chi connectivity index (χ3v) is 3.66. The fourth-order valence-corrected chi connectivity index (χ4v) is 2.38. The van der Waals surface area contributed by atoms with E-state index in [-0.39, 0.29) is 6.61 Å². The fraction of sp³-hybridized carbons (Fsp3) is 0.714. The molecule has 20 heavy (non-hydrogen) atoms. The van der Waals surface area contributed by atoms with Gasteiger partial charge in [0.1, 0.15) is 18.2 Å². The van der Waals surface area contributed by atoms with Crippen molar-refractivity contribution in [2.45, 2.75) is 38.3 Å². The molecule has 0 aromatic carbocycles. The topological polar surface area (TPSA) is 70.5 Å². The summed E-state index contributed by atoms with van der Waals surface area (Å²) in [4.78, 5) is 11.3. The summed E-state index contributed by atoms with van der Waals surface area (Å²) in [5, 5.41) is 12.2. The summed E-state index contributed by atoms with van der Waals surface area (Å²) in [6, 6.07) is 2.51. The van der Waals surface area contributed by atoms with Crippen molar-refractivity contribution in [1.82, 2.24) is 9.97 Å². The van der Waals surface area contributed by atoms with Crippen LogP contribution in [0.2, 0.25) is 0 Å². The molecule has 0 amide bonds. The molecule has 1 aromatic heterocycles. The summed E-state index contributed by atoms with van der Waals surface area (Å²) in [7, 11) is 3.49. The molecule has 1 fully saturated rings. The zero-order valence-electron chi connectivity index (χ0n) is 12.3. The molecule has 0 atom stereocenters. The van der Waals surface area contributed by atoms with E-state index < -0.39 is 0 Å². The lowest BCUT2D eigenvalue weighted by Gasteiger charge is -2.38. The van der Waals surface area contributed by atoms with E-state index in [4.69, 9.17) is 9.84 Å².